The second-order valence-electron chi connectivity index (χ2n) is 2.02. The van der Waals surface area contributed by atoms with Crippen molar-refractivity contribution in [2.24, 2.45) is 0 Å². The van der Waals surface area contributed by atoms with Crippen LogP contribution in [0.4, 0.5) is 0 Å². The van der Waals surface area contributed by atoms with E-state index in [0.29, 0.717) is 24.2 Å². The van der Waals surface area contributed by atoms with Crippen molar-refractivity contribution in [3.8, 4) is 0 Å². The Hall–Kier alpha value is 1.12. The molecule has 1 atom stereocenters. The van der Waals surface area contributed by atoms with Crippen LogP contribution in [-0.4, -0.2) is 35.7 Å². The molecule has 0 N–H and O–H groups in total. The molecule has 0 bridgehead atoms. The quantitative estimate of drug-likeness (QED) is 0.648. The molecule has 5 heteroatoms. The van der Waals surface area contributed by atoms with Gasteiger partial charge in [0, 0.05) is 17.6 Å². The van der Waals surface area contributed by atoms with Gasteiger partial charge in [-0.2, -0.15) is 0 Å². The molecule has 0 fully saturated rings. The van der Waals surface area contributed by atoms with Crippen LogP contribution in [0.15, 0.2) is 0 Å². The van der Waals surface area contributed by atoms with Crippen LogP contribution in [0, 0.1) is 0 Å². The van der Waals surface area contributed by atoms with E-state index < -0.39 is 0 Å². The number of halogens is 4. The molecule has 1 nitrogen and oxygen atoms in total. The van der Waals surface area contributed by atoms with E-state index >= 15 is 0 Å². The van der Waals surface area contributed by atoms with Crippen LogP contribution < -0.4 is 0 Å². The second kappa shape index (κ2) is 7.75. The van der Waals surface area contributed by atoms with E-state index in [-0.39, 0.29) is 11.5 Å². The molecular formula is C6H10Cl4O. The predicted octanol–water partition coefficient (Wildman–Crippen LogP) is 2.70. The van der Waals surface area contributed by atoms with Crippen molar-refractivity contribution < 1.29 is 4.74 Å². The Balaban J connectivity index is 3.34. The van der Waals surface area contributed by atoms with Crippen LogP contribution in [0.1, 0.15) is 0 Å². The summed E-state index contributed by atoms with van der Waals surface area (Å²) in [5.74, 6) is 1.14. The van der Waals surface area contributed by atoms with Gasteiger partial charge < -0.3 is 4.74 Å². The van der Waals surface area contributed by atoms with Crippen LogP contribution in [0.25, 0.3) is 0 Å². The Labute approximate surface area is 86.9 Å². The minimum Gasteiger partial charge on any atom is -0.374 e. The van der Waals surface area contributed by atoms with Crippen LogP contribution in [-0.2, 0) is 4.74 Å². The first-order valence-electron chi connectivity index (χ1n) is 3.18. The van der Waals surface area contributed by atoms with Gasteiger partial charge in [0.05, 0.1) is 18.1 Å². The smallest absolute Gasteiger partial charge is 0.0846 e. The lowest BCUT2D eigenvalue weighted by molar-refractivity contribution is 0.0859. The molecule has 0 aromatic carbocycles. The first kappa shape index (κ1) is 12.1. The molecule has 0 radical (unpaired) electrons. The largest absolute Gasteiger partial charge is 0.374 e. The summed E-state index contributed by atoms with van der Waals surface area (Å²) in [4.78, 5) is 0. The maximum atomic E-state index is 5.68. The maximum Gasteiger partial charge on any atom is 0.0846 e. The van der Waals surface area contributed by atoms with Gasteiger partial charge in [-0.3, -0.25) is 0 Å². The number of hydrogen-bond donors (Lipinski definition) is 0. The van der Waals surface area contributed by atoms with E-state index in [9.17, 15) is 0 Å². The summed E-state index contributed by atoms with van der Waals surface area (Å²) in [6.45, 7) is 0.398. The first-order chi connectivity index (χ1) is 5.24. The lowest BCUT2D eigenvalue weighted by atomic mass is 10.4. The van der Waals surface area contributed by atoms with Gasteiger partial charge in [0.1, 0.15) is 0 Å². The molecule has 11 heavy (non-hydrogen) atoms. The molecule has 0 amide bonds. The summed E-state index contributed by atoms with van der Waals surface area (Å²) in [6.07, 6.45) is -0.122. The van der Waals surface area contributed by atoms with E-state index in [1.807, 2.05) is 0 Å². The lowest BCUT2D eigenvalue weighted by Crippen LogP contribution is -2.22. The SMILES string of the molecule is ClCC(CCl)OC[C@@H](Cl)CCl. The number of hydrogen-bond acceptors (Lipinski definition) is 1. The van der Waals surface area contributed by atoms with Crippen molar-refractivity contribution in [3.05, 3.63) is 0 Å². The molecule has 0 aromatic heterocycles. The zero-order valence-corrected chi connectivity index (χ0v) is 8.93. The van der Waals surface area contributed by atoms with Gasteiger partial charge in [-0.15, -0.1) is 46.4 Å². The summed E-state index contributed by atoms with van der Waals surface area (Å²) in [5, 5.41) is -0.161. The van der Waals surface area contributed by atoms with Crippen molar-refractivity contribution in [2.75, 3.05) is 24.2 Å². The zero-order valence-electron chi connectivity index (χ0n) is 5.90. The fourth-order valence-corrected chi connectivity index (χ4v) is 1.09. The molecule has 0 aliphatic heterocycles. The molecule has 0 aromatic rings. The monoisotopic (exact) mass is 238 g/mol. The fraction of sp³-hybridized carbons (Fsp3) is 1.00. The predicted molar refractivity (Wildman–Crippen MR) is 51.5 cm³/mol. The third-order valence-corrected chi connectivity index (χ3v) is 2.52. The zero-order chi connectivity index (χ0) is 8.69. The summed E-state index contributed by atoms with van der Waals surface area (Å²) < 4.78 is 5.21. The molecule has 0 aliphatic carbocycles. The molecular weight excluding hydrogens is 230 g/mol. The van der Waals surface area contributed by atoms with Gasteiger partial charge in [-0.1, -0.05) is 0 Å². The highest BCUT2D eigenvalue weighted by Crippen LogP contribution is 2.04. The van der Waals surface area contributed by atoms with Crippen LogP contribution in [0.3, 0.4) is 0 Å². The molecule has 0 aliphatic rings. The van der Waals surface area contributed by atoms with Crippen molar-refractivity contribution in [1.29, 1.82) is 0 Å². The molecule has 0 saturated carbocycles. The van der Waals surface area contributed by atoms with Gasteiger partial charge in [0.15, 0.2) is 0 Å². The Kier molecular flexibility index (Phi) is 8.54. The van der Waals surface area contributed by atoms with Crippen molar-refractivity contribution in [1.82, 2.24) is 0 Å². The molecule has 0 saturated heterocycles. The van der Waals surface area contributed by atoms with Gasteiger partial charge in [0.25, 0.3) is 0 Å². The van der Waals surface area contributed by atoms with Gasteiger partial charge >= 0.3 is 0 Å². The molecule has 0 unspecified atom stereocenters. The molecule has 0 rings (SSSR count). The van der Waals surface area contributed by atoms with Gasteiger partial charge in [-0.05, 0) is 0 Å². The minimum atomic E-state index is -0.161. The minimum absolute atomic E-state index is 0.122. The van der Waals surface area contributed by atoms with Crippen molar-refractivity contribution >= 4 is 46.4 Å². The lowest BCUT2D eigenvalue weighted by Gasteiger charge is -2.13. The van der Waals surface area contributed by atoms with Gasteiger partial charge in [-0.25, -0.2) is 0 Å². The van der Waals surface area contributed by atoms with Crippen molar-refractivity contribution in [3.63, 3.8) is 0 Å². The van der Waals surface area contributed by atoms with E-state index in [4.69, 9.17) is 51.1 Å². The summed E-state index contributed by atoms with van der Waals surface area (Å²) in [5.41, 5.74) is 0. The van der Waals surface area contributed by atoms with E-state index in [1.54, 1.807) is 0 Å². The highest BCUT2D eigenvalue weighted by atomic mass is 35.5. The average Bonchev–Trinajstić information content (AvgIpc) is 2.06. The van der Waals surface area contributed by atoms with E-state index in [2.05, 4.69) is 0 Å². The van der Waals surface area contributed by atoms with E-state index in [0.717, 1.165) is 0 Å². The second-order valence-corrected chi connectivity index (χ2v) is 3.56. The third kappa shape index (κ3) is 6.30. The Morgan fingerprint density at radius 3 is 1.91 bits per heavy atom. The summed E-state index contributed by atoms with van der Waals surface area (Å²) in [6, 6.07) is 0. The van der Waals surface area contributed by atoms with Crippen LogP contribution in [0.5, 0.6) is 0 Å². The number of rotatable bonds is 6. The standard InChI is InChI=1S/C6H10Cl4O/c7-1-5(10)4-11-6(2-8)3-9/h5-6H,1-4H2/t5-/m0/s1. The highest BCUT2D eigenvalue weighted by Gasteiger charge is 2.09. The van der Waals surface area contributed by atoms with Crippen LogP contribution >= 0.6 is 46.4 Å². The first-order valence-corrected chi connectivity index (χ1v) is 5.22. The Morgan fingerprint density at radius 2 is 1.55 bits per heavy atom. The maximum absolute atomic E-state index is 5.68. The van der Waals surface area contributed by atoms with Crippen molar-refractivity contribution in [2.45, 2.75) is 11.5 Å². The van der Waals surface area contributed by atoms with E-state index in [1.165, 1.54) is 0 Å². The molecule has 0 heterocycles. The van der Waals surface area contributed by atoms with Gasteiger partial charge in [0.2, 0.25) is 0 Å². The van der Waals surface area contributed by atoms with Crippen LogP contribution in [0.2, 0.25) is 0 Å². The Bertz CT molecular complexity index is 86.7. The highest BCUT2D eigenvalue weighted by molar-refractivity contribution is 6.28. The topological polar surface area (TPSA) is 9.23 Å². The summed E-state index contributed by atoms with van der Waals surface area (Å²) in [7, 11) is 0. The number of alkyl halides is 4. The average molecular weight is 240 g/mol. The normalized spacial score (nSPS) is 13.9. The fourth-order valence-electron chi connectivity index (χ4n) is 0.415. The number of ether oxygens (including phenoxy) is 1. The molecule has 68 valence electrons. The Morgan fingerprint density at radius 1 is 1.00 bits per heavy atom. The third-order valence-electron chi connectivity index (χ3n) is 1.02. The summed E-state index contributed by atoms with van der Waals surface area (Å²) >= 11 is 22.1. The molecule has 0 spiro atoms.